The van der Waals surface area contributed by atoms with Crippen molar-refractivity contribution < 1.29 is 0 Å². The van der Waals surface area contributed by atoms with Crippen molar-refractivity contribution in [2.75, 3.05) is 0 Å². The van der Waals surface area contributed by atoms with E-state index in [0.717, 1.165) is 0 Å². The van der Waals surface area contributed by atoms with Crippen LogP contribution < -0.4 is 0 Å². The van der Waals surface area contributed by atoms with Crippen LogP contribution in [-0.4, -0.2) is 9.13 Å². The first-order valence-electron chi connectivity index (χ1n) is 23.4. The Morgan fingerprint density at radius 1 is 0.269 bits per heavy atom. The van der Waals surface area contributed by atoms with Crippen LogP contribution in [0.4, 0.5) is 0 Å². The van der Waals surface area contributed by atoms with E-state index in [2.05, 4.69) is 254 Å². The van der Waals surface area contributed by atoms with Crippen LogP contribution in [0.3, 0.4) is 0 Å². The standard InChI is InChI=1S/C65H44N2/c1-66-59-32-13-10-22-47(59)55-38-41(34-36-61(55)66)45-25-15-27-49-53(45)40-54-46(42-35-37-62-56(39-42)48-23-11-14-33-60(48)67(62)2)26-16-28-50(54)63(49)52-29-17-31-58-64(52)51-24-9-12-30-57(51)65(58,43-18-5-3-6-19-43)44-20-7-4-8-21-44/h3-40H,1-2H3. The van der Waals surface area contributed by atoms with Gasteiger partial charge in [-0.15, -0.1) is 0 Å². The minimum absolute atomic E-state index is 0.511. The van der Waals surface area contributed by atoms with Gasteiger partial charge in [0.15, 0.2) is 0 Å². The Labute approximate surface area is 389 Å². The molecule has 0 aliphatic heterocycles. The number of rotatable bonds is 5. The molecule has 0 atom stereocenters. The number of fused-ring (bicyclic) bond motifs is 11. The fourth-order valence-electron chi connectivity index (χ4n) is 12.3. The van der Waals surface area contributed by atoms with Crippen LogP contribution >= 0.6 is 0 Å². The molecule has 0 fully saturated rings. The van der Waals surface area contributed by atoms with Crippen LogP contribution in [0.5, 0.6) is 0 Å². The normalized spacial score (nSPS) is 13.0. The van der Waals surface area contributed by atoms with E-state index >= 15 is 0 Å². The maximum Gasteiger partial charge on any atom is 0.0713 e. The van der Waals surface area contributed by atoms with Crippen LogP contribution in [0.25, 0.3) is 110 Å². The average Bonchev–Trinajstić information content (AvgIpc) is 3.98. The SMILES string of the molecule is Cn1c2ccccc2c2cc(-c3cccc4c(-c5cccc6c5-c5ccccc5C6(c5ccccc5)c5ccccc5)c5cccc(-c6ccc7c(c6)c6ccccc6n7C)c5cc34)ccc21. The first-order valence-corrected chi connectivity index (χ1v) is 23.4. The molecule has 0 saturated carbocycles. The number of hydrogen-bond donors (Lipinski definition) is 0. The highest BCUT2D eigenvalue weighted by Gasteiger charge is 2.47. The van der Waals surface area contributed by atoms with E-state index in [1.165, 1.54) is 132 Å². The Morgan fingerprint density at radius 2 is 0.687 bits per heavy atom. The van der Waals surface area contributed by atoms with Gasteiger partial charge in [0.2, 0.25) is 0 Å². The summed E-state index contributed by atoms with van der Waals surface area (Å²) in [7, 11) is 4.36. The third-order valence-corrected chi connectivity index (χ3v) is 15.2. The van der Waals surface area contributed by atoms with Crippen molar-refractivity contribution in [3.63, 3.8) is 0 Å². The van der Waals surface area contributed by atoms with Crippen LogP contribution in [0.1, 0.15) is 22.3 Å². The van der Waals surface area contributed by atoms with E-state index in [1.54, 1.807) is 0 Å². The smallest absolute Gasteiger partial charge is 0.0713 e. The topological polar surface area (TPSA) is 9.86 Å². The van der Waals surface area contributed by atoms with Crippen molar-refractivity contribution in [3.8, 4) is 44.5 Å². The number of para-hydroxylation sites is 2. The highest BCUT2D eigenvalue weighted by molar-refractivity contribution is 6.22. The van der Waals surface area contributed by atoms with Gasteiger partial charge in [0.1, 0.15) is 0 Å². The van der Waals surface area contributed by atoms with Crippen LogP contribution in [0, 0.1) is 0 Å². The molecule has 1 aliphatic rings. The fraction of sp³-hybridized carbons (Fsp3) is 0.0462. The quantitative estimate of drug-likeness (QED) is 0.153. The van der Waals surface area contributed by atoms with Gasteiger partial charge in [-0.1, -0.05) is 188 Å². The summed E-state index contributed by atoms with van der Waals surface area (Å²) in [5.41, 5.74) is 19.6. The summed E-state index contributed by atoms with van der Waals surface area (Å²) in [5, 5.41) is 10.1. The lowest BCUT2D eigenvalue weighted by Crippen LogP contribution is -2.28. The minimum Gasteiger partial charge on any atom is -0.344 e. The monoisotopic (exact) mass is 852 g/mol. The lowest BCUT2D eigenvalue weighted by atomic mass is 9.67. The molecular weight excluding hydrogens is 809 g/mol. The highest BCUT2D eigenvalue weighted by atomic mass is 14.9. The summed E-state index contributed by atoms with van der Waals surface area (Å²) in [6.07, 6.45) is 0. The third-order valence-electron chi connectivity index (χ3n) is 15.2. The van der Waals surface area contributed by atoms with E-state index < -0.39 is 5.41 Å². The molecule has 1 aliphatic carbocycles. The molecule has 0 N–H and O–H groups in total. The Morgan fingerprint density at radius 3 is 1.25 bits per heavy atom. The van der Waals surface area contributed by atoms with Gasteiger partial charge in [0, 0.05) is 57.7 Å². The van der Waals surface area contributed by atoms with E-state index in [1.807, 2.05) is 0 Å². The summed E-state index contributed by atoms with van der Waals surface area (Å²) in [4.78, 5) is 0. The molecule has 0 unspecified atom stereocenters. The summed E-state index contributed by atoms with van der Waals surface area (Å²) < 4.78 is 4.64. The van der Waals surface area contributed by atoms with Crippen molar-refractivity contribution in [2.45, 2.75) is 5.41 Å². The van der Waals surface area contributed by atoms with Crippen LogP contribution in [-0.2, 0) is 19.5 Å². The zero-order valence-electron chi connectivity index (χ0n) is 37.3. The lowest BCUT2D eigenvalue weighted by Gasteiger charge is -2.34. The molecule has 314 valence electrons. The number of benzene rings is 11. The van der Waals surface area contributed by atoms with Gasteiger partial charge in [-0.3, -0.25) is 0 Å². The van der Waals surface area contributed by atoms with Gasteiger partial charge >= 0.3 is 0 Å². The minimum atomic E-state index is -0.511. The van der Waals surface area contributed by atoms with Crippen LogP contribution in [0.2, 0.25) is 0 Å². The van der Waals surface area contributed by atoms with E-state index in [-0.39, 0.29) is 0 Å². The second-order valence-electron chi connectivity index (χ2n) is 18.4. The second-order valence-corrected chi connectivity index (χ2v) is 18.4. The second kappa shape index (κ2) is 14.3. The molecule has 0 bridgehead atoms. The van der Waals surface area contributed by atoms with Gasteiger partial charge in [-0.05, 0) is 131 Å². The molecule has 0 radical (unpaired) electrons. The molecule has 0 spiro atoms. The maximum absolute atomic E-state index is 2.49. The molecular formula is C65H44N2. The largest absolute Gasteiger partial charge is 0.344 e. The molecule has 13 aromatic rings. The van der Waals surface area contributed by atoms with Crippen molar-refractivity contribution in [1.29, 1.82) is 0 Å². The van der Waals surface area contributed by atoms with Crippen molar-refractivity contribution in [3.05, 3.63) is 253 Å². The van der Waals surface area contributed by atoms with E-state index in [0.29, 0.717) is 0 Å². The zero-order chi connectivity index (χ0) is 44.4. The highest BCUT2D eigenvalue weighted by Crippen LogP contribution is 2.59. The Bertz CT molecular complexity index is 3950. The molecule has 67 heavy (non-hydrogen) atoms. The molecule has 14 rings (SSSR count). The zero-order valence-corrected chi connectivity index (χ0v) is 37.3. The summed E-state index contributed by atoms with van der Waals surface area (Å²) in [6.45, 7) is 0. The Hall–Kier alpha value is -8.46. The molecule has 2 heteroatoms. The van der Waals surface area contributed by atoms with E-state index in [9.17, 15) is 0 Å². The predicted molar refractivity (Wildman–Crippen MR) is 283 cm³/mol. The molecule has 2 nitrogen and oxygen atoms in total. The first kappa shape index (κ1) is 37.9. The Kier molecular flexibility index (Phi) is 8.06. The molecule has 2 aromatic heterocycles. The average molecular weight is 853 g/mol. The predicted octanol–water partition coefficient (Wildman–Crippen LogP) is 16.6. The van der Waals surface area contributed by atoms with Crippen molar-refractivity contribution >= 4 is 65.2 Å². The molecule has 0 amide bonds. The van der Waals surface area contributed by atoms with Gasteiger partial charge in [-0.2, -0.15) is 0 Å². The Balaban J connectivity index is 1.11. The number of hydrogen-bond acceptors (Lipinski definition) is 0. The number of aryl methyl sites for hydroxylation is 2. The number of aromatic nitrogens is 2. The third kappa shape index (κ3) is 5.21. The van der Waals surface area contributed by atoms with E-state index in [4.69, 9.17) is 0 Å². The van der Waals surface area contributed by atoms with Crippen LogP contribution in [0.15, 0.2) is 231 Å². The maximum atomic E-state index is 2.49. The summed E-state index contributed by atoms with van der Waals surface area (Å²) >= 11 is 0. The summed E-state index contributed by atoms with van der Waals surface area (Å²) in [5.74, 6) is 0. The van der Waals surface area contributed by atoms with Gasteiger partial charge in [0.25, 0.3) is 0 Å². The van der Waals surface area contributed by atoms with Gasteiger partial charge < -0.3 is 9.13 Å². The molecule has 2 heterocycles. The lowest BCUT2D eigenvalue weighted by molar-refractivity contribution is 0.768. The molecule has 0 saturated heterocycles. The van der Waals surface area contributed by atoms with Gasteiger partial charge in [-0.25, -0.2) is 0 Å². The number of nitrogens with zero attached hydrogens (tertiary/aromatic N) is 2. The van der Waals surface area contributed by atoms with Gasteiger partial charge in [0.05, 0.1) is 5.41 Å². The van der Waals surface area contributed by atoms with Crippen molar-refractivity contribution in [1.82, 2.24) is 9.13 Å². The molecule has 11 aromatic carbocycles. The first-order chi connectivity index (χ1) is 33.1. The van der Waals surface area contributed by atoms with Crippen molar-refractivity contribution in [2.24, 2.45) is 14.1 Å². The fourth-order valence-corrected chi connectivity index (χ4v) is 12.3. The summed E-state index contributed by atoms with van der Waals surface area (Å²) in [6, 6.07) is 86.6.